The van der Waals surface area contributed by atoms with E-state index in [1.54, 1.807) is 6.07 Å². The molecule has 3 rings (SSSR count). The zero-order valence-corrected chi connectivity index (χ0v) is 12.0. The second-order valence-electron chi connectivity index (χ2n) is 5.80. The summed E-state index contributed by atoms with van der Waals surface area (Å²) in [7, 11) is 0. The van der Waals surface area contributed by atoms with E-state index in [9.17, 15) is 18.7 Å². The predicted molar refractivity (Wildman–Crippen MR) is 77.3 cm³/mol. The number of hydrogen-bond donors (Lipinski definition) is 3. The van der Waals surface area contributed by atoms with Gasteiger partial charge < -0.3 is 15.7 Å². The number of anilines is 1. The molecule has 22 heavy (non-hydrogen) atoms. The summed E-state index contributed by atoms with van der Waals surface area (Å²) in [4.78, 5) is 11.9. The Kier molecular flexibility index (Phi) is 3.33. The van der Waals surface area contributed by atoms with Crippen molar-refractivity contribution in [2.24, 2.45) is 5.92 Å². The van der Waals surface area contributed by atoms with Crippen LogP contribution in [0.4, 0.5) is 19.3 Å². The molecule has 2 aliphatic rings. The maximum absolute atomic E-state index is 14.4. The molecule has 116 valence electrons. The Morgan fingerprint density at radius 1 is 1.45 bits per heavy atom. The van der Waals surface area contributed by atoms with E-state index in [2.05, 4.69) is 22.5 Å². The van der Waals surface area contributed by atoms with Crippen molar-refractivity contribution in [3.05, 3.63) is 29.3 Å². The lowest BCUT2D eigenvalue weighted by Crippen LogP contribution is -2.59. The van der Waals surface area contributed by atoms with E-state index < -0.39 is 17.5 Å². The van der Waals surface area contributed by atoms with Gasteiger partial charge in [0.15, 0.2) is 5.54 Å². The van der Waals surface area contributed by atoms with Crippen molar-refractivity contribution in [2.45, 2.75) is 37.8 Å². The number of carbonyl (C=O) groups is 1. The average molecular weight is 306 g/mol. The van der Waals surface area contributed by atoms with Crippen LogP contribution in [-0.4, -0.2) is 17.1 Å². The van der Waals surface area contributed by atoms with E-state index >= 15 is 0 Å². The number of aliphatic hydroxyl groups is 1. The fraction of sp³-hybridized carbons (Fsp3) is 0.438. The summed E-state index contributed by atoms with van der Waals surface area (Å²) in [6, 6.07) is 3.80. The SMILES string of the molecule is CC(F)(F)C1(C#CC2CC2)NC(=O)Nc2cc(CO)ccc21. The maximum Gasteiger partial charge on any atom is 0.320 e. The minimum Gasteiger partial charge on any atom is -0.392 e. The summed E-state index contributed by atoms with van der Waals surface area (Å²) in [5, 5.41) is 14.0. The van der Waals surface area contributed by atoms with E-state index in [-0.39, 0.29) is 23.8 Å². The van der Waals surface area contributed by atoms with Gasteiger partial charge in [0.25, 0.3) is 5.92 Å². The van der Waals surface area contributed by atoms with Crippen LogP contribution in [0.1, 0.15) is 30.9 Å². The third kappa shape index (κ3) is 2.42. The van der Waals surface area contributed by atoms with Crippen LogP contribution in [0.5, 0.6) is 0 Å². The number of rotatable bonds is 2. The lowest BCUT2D eigenvalue weighted by Gasteiger charge is -2.39. The number of aliphatic hydroxyl groups excluding tert-OH is 1. The largest absolute Gasteiger partial charge is 0.392 e. The van der Waals surface area contributed by atoms with Crippen molar-refractivity contribution >= 4 is 11.7 Å². The Morgan fingerprint density at radius 2 is 2.18 bits per heavy atom. The van der Waals surface area contributed by atoms with Gasteiger partial charge in [-0.1, -0.05) is 24.0 Å². The molecule has 1 unspecified atom stereocenters. The third-order valence-electron chi connectivity index (χ3n) is 3.92. The second-order valence-corrected chi connectivity index (χ2v) is 5.80. The second kappa shape index (κ2) is 4.96. The molecule has 0 spiro atoms. The van der Waals surface area contributed by atoms with E-state index in [0.717, 1.165) is 19.8 Å². The molecule has 1 fully saturated rings. The van der Waals surface area contributed by atoms with Crippen molar-refractivity contribution in [1.29, 1.82) is 0 Å². The first-order chi connectivity index (χ1) is 10.4. The molecule has 1 saturated carbocycles. The summed E-state index contributed by atoms with van der Waals surface area (Å²) >= 11 is 0. The number of urea groups is 1. The summed E-state index contributed by atoms with van der Waals surface area (Å²) < 4.78 is 28.7. The Balaban J connectivity index is 2.18. The van der Waals surface area contributed by atoms with Crippen LogP contribution < -0.4 is 10.6 Å². The highest BCUT2D eigenvalue weighted by atomic mass is 19.3. The van der Waals surface area contributed by atoms with Crippen LogP contribution >= 0.6 is 0 Å². The van der Waals surface area contributed by atoms with E-state index in [4.69, 9.17) is 0 Å². The van der Waals surface area contributed by atoms with Gasteiger partial charge in [0.05, 0.1) is 6.61 Å². The van der Waals surface area contributed by atoms with E-state index in [0.29, 0.717) is 5.56 Å². The highest BCUT2D eigenvalue weighted by Gasteiger charge is 2.55. The standard InChI is InChI=1S/C16H16F2N2O2/c1-15(17,18)16(7-6-10-2-3-10)12-5-4-11(9-21)8-13(12)19-14(22)20-16/h4-5,8,10,21H,2-3,9H2,1H3,(H2,19,20,22). The van der Waals surface area contributed by atoms with Crippen molar-refractivity contribution in [2.75, 3.05) is 5.32 Å². The molecule has 6 heteroatoms. The first kappa shape index (κ1) is 14.8. The molecule has 1 aliphatic heterocycles. The van der Waals surface area contributed by atoms with Crippen LogP contribution in [0.25, 0.3) is 0 Å². The Hall–Kier alpha value is -2.13. The van der Waals surface area contributed by atoms with Crippen molar-refractivity contribution in [3.8, 4) is 11.8 Å². The number of hydrogen-bond acceptors (Lipinski definition) is 2. The van der Waals surface area contributed by atoms with Crippen LogP contribution in [0.3, 0.4) is 0 Å². The number of alkyl halides is 2. The zero-order valence-electron chi connectivity index (χ0n) is 12.0. The highest BCUT2D eigenvalue weighted by Crippen LogP contribution is 2.43. The van der Waals surface area contributed by atoms with E-state index in [1.807, 2.05) is 0 Å². The van der Waals surface area contributed by atoms with Gasteiger partial charge in [0.1, 0.15) is 0 Å². The average Bonchev–Trinajstić information content (AvgIpc) is 3.26. The summed E-state index contributed by atoms with van der Waals surface area (Å²) in [5.74, 6) is 2.34. The minimum atomic E-state index is -3.26. The normalized spacial score (nSPS) is 23.7. The fourth-order valence-electron chi connectivity index (χ4n) is 2.50. The molecule has 0 aromatic heterocycles. The molecule has 0 saturated heterocycles. The Bertz CT molecular complexity index is 684. The van der Waals surface area contributed by atoms with Crippen LogP contribution in [0.15, 0.2) is 18.2 Å². The van der Waals surface area contributed by atoms with Gasteiger partial charge in [-0.05, 0) is 24.5 Å². The van der Waals surface area contributed by atoms with Gasteiger partial charge in [0, 0.05) is 24.1 Å². The summed E-state index contributed by atoms with van der Waals surface area (Å²) in [6.45, 7) is 0.518. The number of fused-ring (bicyclic) bond motifs is 1. The number of halogens is 2. The number of benzene rings is 1. The number of nitrogens with one attached hydrogen (secondary N) is 2. The molecule has 2 amide bonds. The number of carbonyl (C=O) groups excluding carboxylic acids is 1. The van der Waals surface area contributed by atoms with Crippen LogP contribution in [-0.2, 0) is 12.1 Å². The molecular weight excluding hydrogens is 290 g/mol. The summed E-state index contributed by atoms with van der Waals surface area (Å²) in [5.41, 5.74) is -1.06. The molecule has 3 N–H and O–H groups in total. The Labute approximate surface area is 126 Å². The Morgan fingerprint density at radius 3 is 2.77 bits per heavy atom. The van der Waals surface area contributed by atoms with Gasteiger partial charge in [-0.15, -0.1) is 0 Å². The lowest BCUT2D eigenvalue weighted by atomic mass is 9.81. The first-order valence-corrected chi connectivity index (χ1v) is 7.10. The molecule has 0 bridgehead atoms. The molecule has 4 nitrogen and oxygen atoms in total. The van der Waals surface area contributed by atoms with Gasteiger partial charge in [-0.2, -0.15) is 0 Å². The topological polar surface area (TPSA) is 61.4 Å². The van der Waals surface area contributed by atoms with Gasteiger partial charge in [0.2, 0.25) is 0 Å². The first-order valence-electron chi connectivity index (χ1n) is 7.10. The number of amides is 2. The fourth-order valence-corrected chi connectivity index (χ4v) is 2.50. The van der Waals surface area contributed by atoms with Gasteiger partial charge in [-0.25, -0.2) is 13.6 Å². The van der Waals surface area contributed by atoms with Crippen LogP contribution in [0, 0.1) is 17.8 Å². The molecule has 1 aromatic rings. The molecule has 1 aliphatic carbocycles. The molecule has 0 radical (unpaired) electrons. The third-order valence-corrected chi connectivity index (χ3v) is 3.92. The quantitative estimate of drug-likeness (QED) is 0.736. The summed E-state index contributed by atoms with van der Waals surface area (Å²) in [6.07, 6.45) is 1.81. The van der Waals surface area contributed by atoms with Crippen molar-refractivity contribution in [3.63, 3.8) is 0 Å². The maximum atomic E-state index is 14.4. The molecule has 1 atom stereocenters. The monoisotopic (exact) mass is 306 g/mol. The minimum absolute atomic E-state index is 0.131. The van der Waals surface area contributed by atoms with Crippen molar-refractivity contribution in [1.82, 2.24) is 5.32 Å². The van der Waals surface area contributed by atoms with Gasteiger partial charge in [-0.3, -0.25) is 0 Å². The molecular formula is C16H16F2N2O2. The van der Waals surface area contributed by atoms with Crippen LogP contribution in [0.2, 0.25) is 0 Å². The smallest absolute Gasteiger partial charge is 0.320 e. The van der Waals surface area contributed by atoms with Crippen molar-refractivity contribution < 1.29 is 18.7 Å². The van der Waals surface area contributed by atoms with E-state index in [1.165, 1.54) is 12.1 Å². The lowest BCUT2D eigenvalue weighted by molar-refractivity contribution is -0.0464. The highest BCUT2D eigenvalue weighted by molar-refractivity contribution is 5.95. The zero-order chi connectivity index (χ0) is 16.0. The molecule has 1 heterocycles. The predicted octanol–water partition coefficient (Wildman–Crippen LogP) is 2.58. The van der Waals surface area contributed by atoms with Gasteiger partial charge >= 0.3 is 6.03 Å². The molecule has 1 aromatic carbocycles.